The zero-order chi connectivity index (χ0) is 6.57. The van der Waals surface area contributed by atoms with E-state index in [0.717, 1.165) is 0 Å². The van der Waals surface area contributed by atoms with E-state index in [2.05, 4.69) is 9.57 Å². The van der Waals surface area contributed by atoms with Gasteiger partial charge in [-0.25, -0.2) is 4.84 Å². The summed E-state index contributed by atoms with van der Waals surface area (Å²) < 4.78 is 4.32. The van der Waals surface area contributed by atoms with Gasteiger partial charge in [-0.05, 0) is 18.7 Å². The van der Waals surface area contributed by atoms with Gasteiger partial charge in [0.1, 0.15) is 6.04 Å². The van der Waals surface area contributed by atoms with Gasteiger partial charge in [-0.1, -0.05) is 0 Å². The van der Waals surface area contributed by atoms with Gasteiger partial charge in [-0.15, -0.1) is 0 Å². The second-order valence-electron chi connectivity index (χ2n) is 1.35. The molecule has 0 aliphatic rings. The Morgan fingerprint density at radius 2 is 2.38 bits per heavy atom. The lowest BCUT2D eigenvalue weighted by atomic mass is 10.4. The van der Waals surface area contributed by atoms with Gasteiger partial charge in [0.25, 0.3) is 0 Å². The van der Waals surface area contributed by atoms with E-state index in [0.29, 0.717) is 0 Å². The number of rotatable bonds is 2. The highest BCUT2D eigenvalue weighted by Gasteiger charge is 2.09. The maximum absolute atomic E-state index is 10.4. The first-order chi connectivity index (χ1) is 3.72. The molecule has 0 fully saturated rings. The van der Waals surface area contributed by atoms with Gasteiger partial charge in [0, 0.05) is 0 Å². The molecule has 0 saturated carbocycles. The quantitative estimate of drug-likeness (QED) is 0.439. The SMILES string of the molecule is COC(=O)[C@H](C)NCl. The van der Waals surface area contributed by atoms with Crippen molar-refractivity contribution in [3.8, 4) is 0 Å². The molecule has 0 spiro atoms. The van der Waals surface area contributed by atoms with E-state index in [4.69, 9.17) is 11.8 Å². The van der Waals surface area contributed by atoms with Crippen molar-refractivity contribution < 1.29 is 9.53 Å². The van der Waals surface area contributed by atoms with Crippen LogP contribution in [0.5, 0.6) is 0 Å². The summed E-state index contributed by atoms with van der Waals surface area (Å²) in [7, 11) is 1.31. The predicted molar refractivity (Wildman–Crippen MR) is 30.5 cm³/mol. The second-order valence-corrected chi connectivity index (χ2v) is 1.57. The van der Waals surface area contributed by atoms with Gasteiger partial charge < -0.3 is 4.74 Å². The molecule has 0 rings (SSSR count). The number of esters is 1. The minimum absolute atomic E-state index is 0.361. The number of halogens is 1. The monoisotopic (exact) mass is 137 g/mol. The normalized spacial score (nSPS) is 12.9. The molecule has 1 atom stereocenters. The Balaban J connectivity index is 3.46. The van der Waals surface area contributed by atoms with Gasteiger partial charge in [0.15, 0.2) is 0 Å². The molecule has 3 nitrogen and oxygen atoms in total. The number of hydrogen-bond donors (Lipinski definition) is 1. The van der Waals surface area contributed by atoms with Crippen LogP contribution >= 0.6 is 11.8 Å². The number of methoxy groups -OCH3 is 1. The maximum Gasteiger partial charge on any atom is 0.323 e. The van der Waals surface area contributed by atoms with Crippen LogP contribution in [0.25, 0.3) is 0 Å². The minimum Gasteiger partial charge on any atom is -0.468 e. The molecule has 0 aliphatic carbocycles. The van der Waals surface area contributed by atoms with Crippen molar-refractivity contribution in [3.05, 3.63) is 0 Å². The van der Waals surface area contributed by atoms with E-state index in [1.54, 1.807) is 6.92 Å². The molecule has 1 N–H and O–H groups in total. The maximum atomic E-state index is 10.4. The summed E-state index contributed by atoms with van der Waals surface area (Å²) in [5.41, 5.74) is 0. The van der Waals surface area contributed by atoms with Crippen LogP contribution in [0.4, 0.5) is 0 Å². The van der Waals surface area contributed by atoms with Gasteiger partial charge in [0.2, 0.25) is 0 Å². The Kier molecular flexibility index (Phi) is 3.56. The predicted octanol–water partition coefficient (Wildman–Crippen LogP) is 0.291. The zero-order valence-corrected chi connectivity index (χ0v) is 5.53. The van der Waals surface area contributed by atoms with E-state index in [9.17, 15) is 4.79 Å². The van der Waals surface area contributed by atoms with Crippen LogP contribution < -0.4 is 4.84 Å². The van der Waals surface area contributed by atoms with Crippen molar-refractivity contribution in [3.63, 3.8) is 0 Å². The van der Waals surface area contributed by atoms with Crippen molar-refractivity contribution in [1.82, 2.24) is 4.84 Å². The number of ether oxygens (including phenoxy) is 1. The van der Waals surface area contributed by atoms with Crippen LogP contribution in [-0.2, 0) is 9.53 Å². The van der Waals surface area contributed by atoms with Crippen LogP contribution in [-0.4, -0.2) is 19.1 Å². The van der Waals surface area contributed by atoms with E-state index < -0.39 is 6.04 Å². The summed E-state index contributed by atoms with van der Waals surface area (Å²) >= 11 is 5.07. The average Bonchev–Trinajstić information content (AvgIpc) is 1.84. The average molecular weight is 138 g/mol. The number of carbonyl (C=O) groups is 1. The molecule has 0 radical (unpaired) electrons. The number of carbonyl (C=O) groups excluding carboxylic acids is 1. The number of nitrogens with one attached hydrogen (secondary N) is 1. The fraction of sp³-hybridized carbons (Fsp3) is 0.750. The Morgan fingerprint density at radius 3 is 2.50 bits per heavy atom. The van der Waals surface area contributed by atoms with Gasteiger partial charge >= 0.3 is 5.97 Å². The molecular formula is C4H8ClNO2. The number of hydrogen-bond acceptors (Lipinski definition) is 3. The molecule has 0 aromatic heterocycles. The molecule has 48 valence electrons. The van der Waals surface area contributed by atoms with Gasteiger partial charge in [0.05, 0.1) is 7.11 Å². The summed E-state index contributed by atoms with van der Waals surface area (Å²) in [4.78, 5) is 12.6. The molecule has 0 bridgehead atoms. The summed E-state index contributed by atoms with van der Waals surface area (Å²) in [5, 5.41) is 0. The van der Waals surface area contributed by atoms with E-state index in [1.807, 2.05) is 0 Å². The summed E-state index contributed by atoms with van der Waals surface area (Å²) in [6.07, 6.45) is 0. The van der Waals surface area contributed by atoms with Crippen molar-refractivity contribution >= 4 is 17.7 Å². The lowest BCUT2D eigenvalue weighted by Gasteiger charge is -2.02. The van der Waals surface area contributed by atoms with E-state index in [-0.39, 0.29) is 5.97 Å². The highest BCUT2D eigenvalue weighted by atomic mass is 35.5. The lowest BCUT2D eigenvalue weighted by molar-refractivity contribution is -0.142. The molecule has 0 heterocycles. The van der Waals surface area contributed by atoms with Gasteiger partial charge in [-0.2, -0.15) is 0 Å². The molecule has 4 heteroatoms. The molecule has 0 amide bonds. The standard InChI is InChI=1S/C4H8ClNO2/c1-3(6-5)4(7)8-2/h3,6H,1-2H3/t3-/m0/s1. The Morgan fingerprint density at radius 1 is 1.88 bits per heavy atom. The van der Waals surface area contributed by atoms with Gasteiger partial charge in [-0.3, -0.25) is 4.79 Å². The van der Waals surface area contributed by atoms with Crippen LogP contribution in [0.1, 0.15) is 6.92 Å². The highest BCUT2D eigenvalue weighted by molar-refractivity contribution is 6.14. The fourth-order valence-corrected chi connectivity index (χ4v) is 0.310. The van der Waals surface area contributed by atoms with Crippen molar-refractivity contribution in [2.75, 3.05) is 7.11 Å². The Hall–Kier alpha value is -0.280. The Labute approximate surface area is 53.1 Å². The molecule has 0 unspecified atom stereocenters. The fourth-order valence-electron chi connectivity index (χ4n) is 0.221. The third-order valence-electron chi connectivity index (χ3n) is 0.718. The summed E-state index contributed by atoms with van der Waals surface area (Å²) in [6.45, 7) is 1.61. The molecule has 0 aliphatic heterocycles. The third-order valence-corrected chi connectivity index (χ3v) is 1.05. The first kappa shape index (κ1) is 7.72. The topological polar surface area (TPSA) is 38.3 Å². The molecule has 0 aromatic rings. The lowest BCUT2D eigenvalue weighted by Crippen LogP contribution is -2.28. The van der Waals surface area contributed by atoms with Crippen LogP contribution in [0.15, 0.2) is 0 Å². The second kappa shape index (κ2) is 3.69. The van der Waals surface area contributed by atoms with Crippen LogP contribution in [0.2, 0.25) is 0 Å². The van der Waals surface area contributed by atoms with Crippen molar-refractivity contribution in [1.29, 1.82) is 0 Å². The first-order valence-electron chi connectivity index (χ1n) is 2.16. The largest absolute Gasteiger partial charge is 0.468 e. The molecule has 0 saturated heterocycles. The van der Waals surface area contributed by atoms with Crippen molar-refractivity contribution in [2.45, 2.75) is 13.0 Å². The van der Waals surface area contributed by atoms with E-state index >= 15 is 0 Å². The Bertz CT molecular complexity index is 86.1. The third kappa shape index (κ3) is 2.14. The first-order valence-corrected chi connectivity index (χ1v) is 2.54. The highest BCUT2D eigenvalue weighted by Crippen LogP contribution is 1.84. The minimum atomic E-state index is -0.429. The van der Waals surface area contributed by atoms with Crippen LogP contribution in [0, 0.1) is 0 Å². The molecule has 8 heavy (non-hydrogen) atoms. The van der Waals surface area contributed by atoms with Crippen LogP contribution in [0.3, 0.4) is 0 Å². The smallest absolute Gasteiger partial charge is 0.323 e. The zero-order valence-electron chi connectivity index (χ0n) is 4.77. The summed E-state index contributed by atoms with van der Waals surface area (Å²) in [5.74, 6) is -0.361. The van der Waals surface area contributed by atoms with Crippen molar-refractivity contribution in [2.24, 2.45) is 0 Å². The molecular weight excluding hydrogens is 130 g/mol. The van der Waals surface area contributed by atoms with E-state index in [1.165, 1.54) is 7.11 Å². The molecule has 0 aromatic carbocycles. The summed E-state index contributed by atoms with van der Waals surface area (Å²) in [6, 6.07) is -0.429.